The third kappa shape index (κ3) is 2.53. The molecule has 2 N–H and O–H groups in total. The second-order valence-corrected chi connectivity index (χ2v) is 5.94. The highest BCUT2D eigenvalue weighted by molar-refractivity contribution is 6.36. The maximum absolute atomic E-state index is 6.47. The van der Waals surface area contributed by atoms with Gasteiger partial charge in [-0.05, 0) is 41.0 Å². The smallest absolute Gasteiger partial charge is 0.0587 e. The zero-order valence-electron chi connectivity index (χ0n) is 11.6. The molecule has 3 rings (SSSR count). The monoisotopic (exact) mass is 315 g/mol. The maximum Gasteiger partial charge on any atom is 0.0587 e. The summed E-state index contributed by atoms with van der Waals surface area (Å²) in [6.07, 6.45) is 0. The number of fused-ring (bicyclic) bond motifs is 1. The topological polar surface area (TPSA) is 26.0 Å². The summed E-state index contributed by atoms with van der Waals surface area (Å²) in [5, 5.41) is 3.54. The van der Waals surface area contributed by atoms with E-state index in [4.69, 9.17) is 28.9 Å². The molecule has 0 bridgehead atoms. The lowest BCUT2D eigenvalue weighted by Crippen LogP contribution is -2.13. The first-order valence-corrected chi connectivity index (χ1v) is 7.53. The van der Waals surface area contributed by atoms with Crippen LogP contribution in [0.3, 0.4) is 0 Å². The van der Waals surface area contributed by atoms with Gasteiger partial charge in [-0.15, -0.1) is 0 Å². The predicted molar refractivity (Wildman–Crippen MR) is 91.2 cm³/mol. The van der Waals surface area contributed by atoms with Crippen molar-refractivity contribution >= 4 is 34.0 Å². The van der Waals surface area contributed by atoms with Crippen LogP contribution >= 0.6 is 23.2 Å². The number of hydrogen-bond donors (Lipinski definition) is 1. The average Bonchev–Trinajstić information content (AvgIpc) is 2.47. The van der Waals surface area contributed by atoms with Crippen molar-refractivity contribution < 1.29 is 0 Å². The number of nitrogens with two attached hydrogens (primary N) is 1. The molecule has 106 valence electrons. The first kappa shape index (κ1) is 14.4. The molecule has 0 fully saturated rings. The van der Waals surface area contributed by atoms with Crippen LogP contribution in [0.4, 0.5) is 0 Å². The van der Waals surface area contributed by atoms with Crippen molar-refractivity contribution in [2.45, 2.75) is 13.0 Å². The van der Waals surface area contributed by atoms with Gasteiger partial charge in [0.05, 0.1) is 6.04 Å². The van der Waals surface area contributed by atoms with Gasteiger partial charge >= 0.3 is 0 Å². The Morgan fingerprint density at radius 1 is 0.810 bits per heavy atom. The van der Waals surface area contributed by atoms with Crippen LogP contribution in [0, 0.1) is 6.92 Å². The van der Waals surface area contributed by atoms with Crippen molar-refractivity contribution in [3.05, 3.63) is 81.3 Å². The van der Waals surface area contributed by atoms with Gasteiger partial charge in [0, 0.05) is 15.6 Å². The molecule has 3 aromatic rings. The lowest BCUT2D eigenvalue weighted by molar-refractivity contribution is 0.881. The molecule has 21 heavy (non-hydrogen) atoms. The van der Waals surface area contributed by atoms with Gasteiger partial charge in [-0.25, -0.2) is 0 Å². The molecule has 0 aromatic heterocycles. The van der Waals surface area contributed by atoms with E-state index in [1.165, 1.54) is 10.9 Å². The summed E-state index contributed by atoms with van der Waals surface area (Å²) in [4.78, 5) is 0. The van der Waals surface area contributed by atoms with E-state index in [2.05, 4.69) is 31.2 Å². The minimum Gasteiger partial charge on any atom is -0.320 e. The second-order valence-electron chi connectivity index (χ2n) is 5.13. The summed E-state index contributed by atoms with van der Waals surface area (Å²) in [5.41, 5.74) is 9.50. The zero-order chi connectivity index (χ0) is 15.0. The van der Waals surface area contributed by atoms with E-state index in [9.17, 15) is 0 Å². The number of halogens is 2. The quantitative estimate of drug-likeness (QED) is 0.663. The molecular formula is C18H15Cl2N. The molecule has 0 saturated heterocycles. The number of aryl methyl sites for hydroxylation is 1. The van der Waals surface area contributed by atoms with E-state index >= 15 is 0 Å². The molecule has 3 heteroatoms. The zero-order valence-corrected chi connectivity index (χ0v) is 13.1. The van der Waals surface area contributed by atoms with Crippen molar-refractivity contribution in [1.29, 1.82) is 0 Å². The minimum absolute atomic E-state index is 0.350. The highest BCUT2D eigenvalue weighted by Gasteiger charge is 2.18. The average molecular weight is 316 g/mol. The molecule has 0 spiro atoms. The van der Waals surface area contributed by atoms with E-state index in [0.717, 1.165) is 16.5 Å². The molecule has 1 nitrogen and oxygen atoms in total. The van der Waals surface area contributed by atoms with Crippen LogP contribution in [0.5, 0.6) is 0 Å². The molecule has 0 aliphatic heterocycles. The Morgan fingerprint density at radius 2 is 1.43 bits per heavy atom. The Kier molecular flexibility index (Phi) is 3.90. The molecule has 0 saturated carbocycles. The summed E-state index contributed by atoms with van der Waals surface area (Å²) < 4.78 is 0. The van der Waals surface area contributed by atoms with Crippen molar-refractivity contribution in [1.82, 2.24) is 0 Å². The molecule has 0 radical (unpaired) electrons. The Bertz CT molecular complexity index is 791. The van der Waals surface area contributed by atoms with Crippen LogP contribution in [0.1, 0.15) is 22.7 Å². The highest BCUT2D eigenvalue weighted by Crippen LogP contribution is 2.35. The lowest BCUT2D eigenvalue weighted by Gasteiger charge is -2.18. The van der Waals surface area contributed by atoms with Crippen LogP contribution in [0.25, 0.3) is 10.8 Å². The fourth-order valence-electron chi connectivity index (χ4n) is 2.71. The Balaban J connectivity index is 2.23. The molecule has 0 heterocycles. The SMILES string of the molecule is Cc1ccc(C(N)c2c(Cl)cccc2Cl)c2ccccc12. The maximum atomic E-state index is 6.47. The fraction of sp³-hybridized carbons (Fsp3) is 0.111. The van der Waals surface area contributed by atoms with Crippen molar-refractivity contribution in [3.8, 4) is 0 Å². The number of hydrogen-bond acceptors (Lipinski definition) is 1. The molecule has 1 atom stereocenters. The molecule has 0 aliphatic carbocycles. The first-order valence-electron chi connectivity index (χ1n) is 6.77. The molecule has 3 aromatic carbocycles. The van der Waals surface area contributed by atoms with E-state index < -0.39 is 0 Å². The van der Waals surface area contributed by atoms with Gasteiger partial charge in [0.25, 0.3) is 0 Å². The third-order valence-corrected chi connectivity index (χ3v) is 4.48. The largest absolute Gasteiger partial charge is 0.320 e. The van der Waals surface area contributed by atoms with Gasteiger partial charge in [-0.3, -0.25) is 0 Å². The van der Waals surface area contributed by atoms with Crippen LogP contribution < -0.4 is 5.73 Å². The van der Waals surface area contributed by atoms with Crippen molar-refractivity contribution in [2.75, 3.05) is 0 Å². The van der Waals surface area contributed by atoms with Crippen LogP contribution in [0.2, 0.25) is 10.0 Å². The summed E-state index contributed by atoms with van der Waals surface area (Å²) in [7, 11) is 0. The highest BCUT2D eigenvalue weighted by atomic mass is 35.5. The first-order chi connectivity index (χ1) is 10.1. The Labute approximate surface area is 134 Å². The van der Waals surface area contributed by atoms with E-state index in [-0.39, 0.29) is 6.04 Å². The van der Waals surface area contributed by atoms with Gasteiger partial charge in [0.1, 0.15) is 0 Å². The minimum atomic E-state index is -0.350. The number of benzene rings is 3. The molecule has 0 aliphatic rings. The van der Waals surface area contributed by atoms with Gasteiger partial charge < -0.3 is 5.73 Å². The van der Waals surface area contributed by atoms with Gasteiger partial charge in [0.15, 0.2) is 0 Å². The van der Waals surface area contributed by atoms with E-state index in [0.29, 0.717) is 10.0 Å². The van der Waals surface area contributed by atoms with Crippen LogP contribution in [-0.4, -0.2) is 0 Å². The summed E-state index contributed by atoms with van der Waals surface area (Å²) in [6, 6.07) is 17.5. The summed E-state index contributed by atoms with van der Waals surface area (Å²) in [5.74, 6) is 0. The van der Waals surface area contributed by atoms with Crippen LogP contribution in [-0.2, 0) is 0 Å². The molecule has 0 amide bonds. The summed E-state index contributed by atoms with van der Waals surface area (Å²) >= 11 is 12.6. The van der Waals surface area contributed by atoms with Gasteiger partial charge in [0.2, 0.25) is 0 Å². The van der Waals surface area contributed by atoms with Crippen molar-refractivity contribution in [3.63, 3.8) is 0 Å². The van der Waals surface area contributed by atoms with Gasteiger partial charge in [-0.2, -0.15) is 0 Å². The predicted octanol–water partition coefficient (Wildman–Crippen LogP) is 5.50. The third-order valence-electron chi connectivity index (χ3n) is 3.82. The lowest BCUT2D eigenvalue weighted by atomic mass is 9.92. The summed E-state index contributed by atoms with van der Waals surface area (Å²) in [6.45, 7) is 2.10. The standard InChI is InChI=1S/C18H15Cl2N/c1-11-9-10-14(13-6-3-2-5-12(11)13)18(21)17-15(19)7-4-8-16(17)20/h2-10,18H,21H2,1H3. The Hall–Kier alpha value is -1.54. The van der Waals surface area contributed by atoms with E-state index in [1.807, 2.05) is 30.3 Å². The Morgan fingerprint density at radius 3 is 2.10 bits per heavy atom. The fourth-order valence-corrected chi connectivity index (χ4v) is 3.34. The van der Waals surface area contributed by atoms with Crippen molar-refractivity contribution in [2.24, 2.45) is 5.73 Å². The number of rotatable bonds is 2. The van der Waals surface area contributed by atoms with Crippen LogP contribution in [0.15, 0.2) is 54.6 Å². The molecule has 1 unspecified atom stereocenters. The second kappa shape index (κ2) is 5.69. The van der Waals surface area contributed by atoms with Gasteiger partial charge in [-0.1, -0.05) is 65.7 Å². The van der Waals surface area contributed by atoms with E-state index in [1.54, 1.807) is 0 Å². The normalized spacial score (nSPS) is 12.6. The molecular weight excluding hydrogens is 301 g/mol.